The number of rotatable bonds is 3. The fraction of sp³-hybridized carbons (Fsp3) is 0.278. The number of aromatic nitrogens is 1. The maximum atomic E-state index is 12.6. The molecule has 2 aromatic rings. The molecule has 1 saturated heterocycles. The molecular weight excluding hydrogens is 342 g/mol. The van der Waals surface area contributed by atoms with Crippen molar-refractivity contribution in [3.8, 4) is 0 Å². The van der Waals surface area contributed by atoms with Crippen molar-refractivity contribution < 1.29 is 14.3 Å². The highest BCUT2D eigenvalue weighted by atomic mass is 35.5. The van der Waals surface area contributed by atoms with E-state index < -0.39 is 5.97 Å². The van der Waals surface area contributed by atoms with Crippen molar-refractivity contribution in [1.29, 1.82) is 0 Å². The van der Waals surface area contributed by atoms with Crippen LogP contribution in [0.4, 0.5) is 5.69 Å². The highest BCUT2D eigenvalue weighted by Crippen LogP contribution is 2.20. The van der Waals surface area contributed by atoms with E-state index in [1.807, 2.05) is 24.3 Å². The third-order valence-corrected chi connectivity index (χ3v) is 4.37. The fourth-order valence-corrected chi connectivity index (χ4v) is 2.88. The molecule has 0 spiro atoms. The van der Waals surface area contributed by atoms with Crippen molar-refractivity contribution in [2.24, 2.45) is 0 Å². The molecule has 1 amide bonds. The highest BCUT2D eigenvalue weighted by molar-refractivity contribution is 6.30. The quantitative estimate of drug-likeness (QED) is 0.788. The first-order valence-electron chi connectivity index (χ1n) is 7.93. The maximum absolute atomic E-state index is 12.6. The van der Waals surface area contributed by atoms with Gasteiger partial charge in [-0.15, -0.1) is 0 Å². The van der Waals surface area contributed by atoms with Gasteiger partial charge >= 0.3 is 5.97 Å². The minimum absolute atomic E-state index is 0.133. The average Bonchev–Trinajstić information content (AvgIpc) is 2.67. The van der Waals surface area contributed by atoms with Crippen LogP contribution in [-0.2, 0) is 4.74 Å². The van der Waals surface area contributed by atoms with E-state index >= 15 is 0 Å². The number of methoxy groups -OCH3 is 1. The van der Waals surface area contributed by atoms with Gasteiger partial charge in [-0.1, -0.05) is 17.7 Å². The molecule has 1 aliphatic heterocycles. The molecule has 130 valence electrons. The number of benzene rings is 1. The normalized spacial score (nSPS) is 14.3. The lowest BCUT2D eigenvalue weighted by Gasteiger charge is -2.36. The standard InChI is InChI=1S/C18H18ClN3O3/c1-25-18(24)16-4-2-3-15(20-16)17(23)22-11-9-21(10-12-22)14-7-5-13(19)6-8-14/h2-8H,9-12H2,1H3. The molecule has 0 radical (unpaired) electrons. The molecular formula is C18H18ClN3O3. The number of nitrogens with zero attached hydrogens (tertiary/aromatic N) is 3. The molecule has 0 N–H and O–H groups in total. The van der Waals surface area contributed by atoms with Gasteiger partial charge in [-0.3, -0.25) is 4.79 Å². The molecule has 0 saturated carbocycles. The topological polar surface area (TPSA) is 62.7 Å². The van der Waals surface area contributed by atoms with Crippen LogP contribution >= 0.6 is 11.6 Å². The molecule has 7 heteroatoms. The monoisotopic (exact) mass is 359 g/mol. The number of hydrogen-bond acceptors (Lipinski definition) is 5. The molecule has 6 nitrogen and oxygen atoms in total. The van der Waals surface area contributed by atoms with Gasteiger partial charge in [0.1, 0.15) is 11.4 Å². The highest BCUT2D eigenvalue weighted by Gasteiger charge is 2.23. The molecule has 1 fully saturated rings. The van der Waals surface area contributed by atoms with E-state index in [1.165, 1.54) is 13.2 Å². The minimum Gasteiger partial charge on any atom is -0.464 e. The van der Waals surface area contributed by atoms with Crippen molar-refractivity contribution in [2.45, 2.75) is 0 Å². The van der Waals surface area contributed by atoms with E-state index in [0.29, 0.717) is 18.1 Å². The summed E-state index contributed by atoms with van der Waals surface area (Å²) in [6.07, 6.45) is 0. The number of esters is 1. The number of hydrogen-bond donors (Lipinski definition) is 0. The van der Waals surface area contributed by atoms with Gasteiger partial charge in [-0.2, -0.15) is 0 Å². The van der Waals surface area contributed by atoms with Crippen LogP contribution in [0.1, 0.15) is 21.0 Å². The third-order valence-electron chi connectivity index (χ3n) is 4.12. The van der Waals surface area contributed by atoms with Crippen LogP contribution in [0.15, 0.2) is 42.5 Å². The predicted octanol–water partition coefficient (Wildman–Crippen LogP) is 2.48. The van der Waals surface area contributed by atoms with Crippen LogP contribution in [-0.4, -0.2) is 55.0 Å². The lowest BCUT2D eigenvalue weighted by atomic mass is 10.2. The Morgan fingerprint density at radius 3 is 2.28 bits per heavy atom. The van der Waals surface area contributed by atoms with Crippen molar-refractivity contribution in [3.05, 3.63) is 58.9 Å². The van der Waals surface area contributed by atoms with Crippen LogP contribution in [0.25, 0.3) is 0 Å². The van der Waals surface area contributed by atoms with Crippen LogP contribution < -0.4 is 4.90 Å². The van der Waals surface area contributed by atoms with E-state index in [-0.39, 0.29) is 17.3 Å². The summed E-state index contributed by atoms with van der Waals surface area (Å²) >= 11 is 5.92. The summed E-state index contributed by atoms with van der Waals surface area (Å²) in [5.74, 6) is -0.733. The smallest absolute Gasteiger partial charge is 0.356 e. The second kappa shape index (κ2) is 7.53. The van der Waals surface area contributed by atoms with Gasteiger partial charge < -0.3 is 14.5 Å². The van der Waals surface area contributed by atoms with Crippen molar-refractivity contribution in [2.75, 3.05) is 38.2 Å². The average molecular weight is 360 g/mol. The first-order valence-corrected chi connectivity index (χ1v) is 8.31. The maximum Gasteiger partial charge on any atom is 0.356 e. The Hall–Kier alpha value is -2.60. The SMILES string of the molecule is COC(=O)c1cccc(C(=O)N2CCN(c3ccc(Cl)cc3)CC2)n1. The van der Waals surface area contributed by atoms with E-state index in [4.69, 9.17) is 11.6 Å². The lowest BCUT2D eigenvalue weighted by molar-refractivity contribution is 0.0593. The Balaban J connectivity index is 1.65. The van der Waals surface area contributed by atoms with E-state index in [0.717, 1.165) is 18.8 Å². The lowest BCUT2D eigenvalue weighted by Crippen LogP contribution is -2.49. The fourth-order valence-electron chi connectivity index (χ4n) is 2.75. The summed E-state index contributed by atoms with van der Waals surface area (Å²) in [5, 5.41) is 0.703. The Labute approximate surface area is 151 Å². The van der Waals surface area contributed by atoms with Crippen LogP contribution in [0.2, 0.25) is 5.02 Å². The molecule has 0 aliphatic carbocycles. The van der Waals surface area contributed by atoms with Gasteiger partial charge in [-0.25, -0.2) is 9.78 Å². The number of anilines is 1. The summed E-state index contributed by atoms with van der Waals surface area (Å²) in [7, 11) is 1.29. The minimum atomic E-state index is -0.554. The number of piperazine rings is 1. The number of carbonyl (C=O) groups excluding carboxylic acids is 2. The van der Waals surface area contributed by atoms with Crippen LogP contribution in [0, 0.1) is 0 Å². The first-order chi connectivity index (χ1) is 12.1. The number of halogens is 1. The second-order valence-corrected chi connectivity index (χ2v) is 6.09. The second-order valence-electron chi connectivity index (χ2n) is 5.66. The summed E-state index contributed by atoms with van der Waals surface area (Å²) in [5.41, 5.74) is 1.47. The molecule has 0 bridgehead atoms. The first kappa shape index (κ1) is 17.2. The van der Waals surface area contributed by atoms with Gasteiger partial charge in [-0.05, 0) is 36.4 Å². The Morgan fingerprint density at radius 1 is 1.00 bits per heavy atom. The van der Waals surface area contributed by atoms with E-state index in [9.17, 15) is 9.59 Å². The summed E-state index contributed by atoms with van der Waals surface area (Å²) in [4.78, 5) is 32.3. The third kappa shape index (κ3) is 3.91. The molecule has 0 atom stereocenters. The molecule has 1 aliphatic rings. The number of carbonyl (C=O) groups is 2. The molecule has 2 heterocycles. The Bertz CT molecular complexity index is 771. The van der Waals surface area contributed by atoms with Gasteiger partial charge in [0.15, 0.2) is 0 Å². The molecule has 3 rings (SSSR count). The zero-order chi connectivity index (χ0) is 17.8. The number of pyridine rings is 1. The largest absolute Gasteiger partial charge is 0.464 e. The molecule has 1 aromatic heterocycles. The number of amides is 1. The Kier molecular flexibility index (Phi) is 5.19. The molecule has 1 aromatic carbocycles. The zero-order valence-corrected chi connectivity index (χ0v) is 14.6. The summed E-state index contributed by atoms with van der Waals surface area (Å²) in [6.45, 7) is 2.63. The van der Waals surface area contributed by atoms with Gasteiger partial charge in [0.25, 0.3) is 5.91 Å². The van der Waals surface area contributed by atoms with E-state index in [2.05, 4.69) is 14.6 Å². The number of ether oxygens (including phenoxy) is 1. The van der Waals surface area contributed by atoms with Gasteiger partial charge in [0, 0.05) is 36.9 Å². The Morgan fingerprint density at radius 2 is 1.64 bits per heavy atom. The summed E-state index contributed by atoms with van der Waals surface area (Å²) < 4.78 is 4.65. The van der Waals surface area contributed by atoms with Crippen LogP contribution in [0.3, 0.4) is 0 Å². The van der Waals surface area contributed by atoms with Crippen molar-refractivity contribution in [1.82, 2.24) is 9.88 Å². The molecule has 25 heavy (non-hydrogen) atoms. The summed E-state index contributed by atoms with van der Waals surface area (Å²) in [6, 6.07) is 12.4. The molecule has 0 unspecified atom stereocenters. The van der Waals surface area contributed by atoms with Gasteiger partial charge in [0.2, 0.25) is 0 Å². The van der Waals surface area contributed by atoms with Crippen molar-refractivity contribution in [3.63, 3.8) is 0 Å². The van der Waals surface area contributed by atoms with E-state index in [1.54, 1.807) is 17.0 Å². The predicted molar refractivity (Wildman–Crippen MR) is 95.1 cm³/mol. The van der Waals surface area contributed by atoms with Crippen molar-refractivity contribution >= 4 is 29.2 Å². The van der Waals surface area contributed by atoms with Gasteiger partial charge in [0.05, 0.1) is 7.11 Å². The van der Waals surface area contributed by atoms with Crippen LogP contribution in [0.5, 0.6) is 0 Å². The zero-order valence-electron chi connectivity index (χ0n) is 13.8.